The zero-order valence-electron chi connectivity index (χ0n) is 11.1. The molecular weight excluding hydrogens is 314 g/mol. The molecule has 0 spiro atoms. The smallest absolute Gasteiger partial charge is 0.207 e. The fraction of sp³-hybridized carbons (Fsp3) is 0.538. The summed E-state index contributed by atoms with van der Waals surface area (Å²) in [6.07, 6.45) is 0.979. The first-order valence-corrected chi connectivity index (χ1v) is 8.40. The zero-order chi connectivity index (χ0) is 13.8. The molecule has 0 aliphatic carbocycles. The van der Waals surface area contributed by atoms with E-state index in [-0.39, 0.29) is 0 Å². The lowest BCUT2D eigenvalue weighted by atomic mass is 10.1. The van der Waals surface area contributed by atoms with Crippen LogP contribution < -0.4 is 0 Å². The number of rotatable bonds is 6. The molecule has 0 aliphatic rings. The molecule has 0 bridgehead atoms. The molecule has 1 atom stereocenters. The van der Waals surface area contributed by atoms with Crippen molar-refractivity contribution in [2.75, 3.05) is 13.1 Å². The van der Waals surface area contributed by atoms with Gasteiger partial charge >= 0.3 is 0 Å². The van der Waals surface area contributed by atoms with Crippen LogP contribution in [0.5, 0.6) is 0 Å². The van der Waals surface area contributed by atoms with Gasteiger partial charge in [0.2, 0.25) is 10.0 Å². The minimum absolute atomic E-state index is 0.357. The van der Waals surface area contributed by atoms with Gasteiger partial charge in [0.25, 0.3) is 0 Å². The SMILES string of the molecule is CCC(C)CN(CC)S(=O)(=O)c1ccc(Br)cc1. The average molecular weight is 334 g/mol. The summed E-state index contributed by atoms with van der Waals surface area (Å²) in [5, 5.41) is 0. The van der Waals surface area contributed by atoms with Crippen LogP contribution >= 0.6 is 15.9 Å². The van der Waals surface area contributed by atoms with Crippen molar-refractivity contribution in [3.05, 3.63) is 28.7 Å². The number of hydrogen-bond donors (Lipinski definition) is 0. The molecule has 1 unspecified atom stereocenters. The van der Waals surface area contributed by atoms with E-state index in [4.69, 9.17) is 0 Å². The quantitative estimate of drug-likeness (QED) is 0.798. The van der Waals surface area contributed by atoms with E-state index in [1.54, 1.807) is 28.6 Å². The Bertz CT molecular complexity index is 470. The Hall–Kier alpha value is -0.390. The first-order valence-electron chi connectivity index (χ1n) is 6.17. The van der Waals surface area contributed by atoms with E-state index in [0.29, 0.717) is 23.9 Å². The molecule has 1 rings (SSSR count). The van der Waals surface area contributed by atoms with Gasteiger partial charge in [-0.25, -0.2) is 8.42 Å². The summed E-state index contributed by atoms with van der Waals surface area (Å²) in [5.74, 6) is 0.371. The van der Waals surface area contributed by atoms with Crippen LogP contribution in [0.1, 0.15) is 27.2 Å². The highest BCUT2D eigenvalue weighted by Gasteiger charge is 2.23. The number of halogens is 1. The standard InChI is InChI=1S/C13H20BrNO2S/c1-4-11(3)10-15(5-2)18(16,17)13-8-6-12(14)7-9-13/h6-9,11H,4-5,10H2,1-3H3. The molecule has 3 nitrogen and oxygen atoms in total. The van der Waals surface area contributed by atoms with Crippen molar-refractivity contribution in [1.82, 2.24) is 4.31 Å². The first kappa shape index (κ1) is 15.7. The second-order valence-corrected chi connectivity index (χ2v) is 7.28. The van der Waals surface area contributed by atoms with Gasteiger partial charge in [-0.1, -0.05) is 43.1 Å². The van der Waals surface area contributed by atoms with Gasteiger partial charge in [0.05, 0.1) is 4.90 Å². The summed E-state index contributed by atoms with van der Waals surface area (Å²) >= 11 is 3.31. The van der Waals surface area contributed by atoms with Gasteiger partial charge in [-0.3, -0.25) is 0 Å². The Morgan fingerprint density at radius 1 is 1.22 bits per heavy atom. The van der Waals surface area contributed by atoms with E-state index in [9.17, 15) is 8.42 Å². The highest BCUT2D eigenvalue weighted by atomic mass is 79.9. The number of nitrogens with zero attached hydrogens (tertiary/aromatic N) is 1. The largest absolute Gasteiger partial charge is 0.243 e. The third kappa shape index (κ3) is 3.80. The van der Waals surface area contributed by atoms with Gasteiger partial charge in [0.15, 0.2) is 0 Å². The second kappa shape index (κ2) is 6.68. The first-order chi connectivity index (χ1) is 8.41. The maximum absolute atomic E-state index is 12.4. The van der Waals surface area contributed by atoms with Crippen molar-refractivity contribution < 1.29 is 8.42 Å². The minimum atomic E-state index is -3.36. The maximum Gasteiger partial charge on any atom is 0.243 e. The van der Waals surface area contributed by atoms with Gasteiger partial charge < -0.3 is 0 Å². The van der Waals surface area contributed by atoms with Crippen molar-refractivity contribution in [3.8, 4) is 0 Å². The molecule has 0 fully saturated rings. The molecule has 0 radical (unpaired) electrons. The van der Waals surface area contributed by atoms with Crippen LogP contribution in [0, 0.1) is 5.92 Å². The molecule has 0 saturated carbocycles. The van der Waals surface area contributed by atoms with Crippen LogP contribution in [-0.4, -0.2) is 25.8 Å². The molecule has 102 valence electrons. The van der Waals surface area contributed by atoms with Crippen LogP contribution in [0.2, 0.25) is 0 Å². The Kier molecular flexibility index (Phi) is 5.82. The maximum atomic E-state index is 12.4. The van der Waals surface area contributed by atoms with Gasteiger partial charge in [-0.15, -0.1) is 0 Å². The van der Waals surface area contributed by atoms with Crippen molar-refractivity contribution in [2.45, 2.75) is 32.1 Å². The minimum Gasteiger partial charge on any atom is -0.207 e. The van der Waals surface area contributed by atoms with E-state index >= 15 is 0 Å². The van der Waals surface area contributed by atoms with E-state index < -0.39 is 10.0 Å². The van der Waals surface area contributed by atoms with E-state index in [2.05, 4.69) is 29.8 Å². The summed E-state index contributed by atoms with van der Waals surface area (Å²) < 4.78 is 27.3. The van der Waals surface area contributed by atoms with Gasteiger partial charge in [0.1, 0.15) is 0 Å². The predicted molar refractivity (Wildman–Crippen MR) is 78.0 cm³/mol. The van der Waals surface area contributed by atoms with Crippen LogP contribution in [0.3, 0.4) is 0 Å². The number of hydrogen-bond acceptors (Lipinski definition) is 2. The summed E-state index contributed by atoms with van der Waals surface area (Å²) in [6.45, 7) is 7.09. The molecule has 0 amide bonds. The Morgan fingerprint density at radius 2 is 1.78 bits per heavy atom. The van der Waals surface area contributed by atoms with Gasteiger partial charge in [-0.05, 0) is 30.2 Å². The fourth-order valence-electron chi connectivity index (χ4n) is 1.63. The van der Waals surface area contributed by atoms with Crippen molar-refractivity contribution >= 4 is 26.0 Å². The van der Waals surface area contributed by atoms with Crippen LogP contribution in [0.25, 0.3) is 0 Å². The fourth-order valence-corrected chi connectivity index (χ4v) is 3.46. The van der Waals surface area contributed by atoms with Gasteiger partial charge in [-0.2, -0.15) is 4.31 Å². The molecule has 0 N–H and O–H groups in total. The topological polar surface area (TPSA) is 37.4 Å². The van der Waals surface area contributed by atoms with Crippen molar-refractivity contribution in [2.24, 2.45) is 5.92 Å². The normalized spacial score (nSPS) is 13.8. The molecule has 5 heteroatoms. The lowest BCUT2D eigenvalue weighted by Crippen LogP contribution is -2.34. The van der Waals surface area contributed by atoms with Crippen LogP contribution in [0.15, 0.2) is 33.6 Å². The number of benzene rings is 1. The summed E-state index contributed by atoms with van der Waals surface area (Å²) in [6, 6.07) is 6.78. The Balaban J connectivity index is 2.99. The van der Waals surface area contributed by atoms with Gasteiger partial charge in [0, 0.05) is 17.6 Å². The van der Waals surface area contributed by atoms with E-state index in [1.807, 2.05) is 6.92 Å². The molecule has 18 heavy (non-hydrogen) atoms. The second-order valence-electron chi connectivity index (χ2n) is 4.42. The van der Waals surface area contributed by atoms with Crippen molar-refractivity contribution in [3.63, 3.8) is 0 Å². The average Bonchev–Trinajstić information content (AvgIpc) is 2.35. The third-order valence-electron chi connectivity index (χ3n) is 3.02. The molecular formula is C13H20BrNO2S. The summed E-state index contributed by atoms with van der Waals surface area (Å²) in [4.78, 5) is 0.357. The zero-order valence-corrected chi connectivity index (χ0v) is 13.5. The highest BCUT2D eigenvalue weighted by Crippen LogP contribution is 2.20. The predicted octanol–water partition coefficient (Wildman–Crippen LogP) is 3.51. The molecule has 1 aromatic rings. The van der Waals surface area contributed by atoms with Crippen LogP contribution in [-0.2, 0) is 10.0 Å². The Labute approximate surface area is 118 Å². The molecule has 1 aromatic carbocycles. The van der Waals surface area contributed by atoms with E-state index in [0.717, 1.165) is 10.9 Å². The Morgan fingerprint density at radius 3 is 2.22 bits per heavy atom. The van der Waals surface area contributed by atoms with Crippen molar-refractivity contribution in [1.29, 1.82) is 0 Å². The molecule has 0 aliphatic heterocycles. The lowest BCUT2D eigenvalue weighted by molar-refractivity contribution is 0.361. The number of sulfonamides is 1. The molecule has 0 aromatic heterocycles. The summed E-state index contributed by atoms with van der Waals surface area (Å²) in [7, 11) is -3.36. The molecule has 0 heterocycles. The monoisotopic (exact) mass is 333 g/mol. The molecule has 0 saturated heterocycles. The summed E-state index contributed by atoms with van der Waals surface area (Å²) in [5.41, 5.74) is 0. The lowest BCUT2D eigenvalue weighted by Gasteiger charge is -2.23. The van der Waals surface area contributed by atoms with Crippen LogP contribution in [0.4, 0.5) is 0 Å². The third-order valence-corrected chi connectivity index (χ3v) is 5.50. The highest BCUT2D eigenvalue weighted by molar-refractivity contribution is 9.10. The van der Waals surface area contributed by atoms with E-state index in [1.165, 1.54) is 0 Å².